The van der Waals surface area contributed by atoms with Gasteiger partial charge in [-0.2, -0.15) is 0 Å². The molecule has 0 radical (unpaired) electrons. The number of fused-ring (bicyclic) bond motifs is 1. The molecule has 3 aromatic rings. The molecule has 1 N–H and O–H groups in total. The Morgan fingerprint density at radius 3 is 3.00 bits per heavy atom. The molecule has 4 nitrogen and oxygen atoms in total. The molecule has 1 unspecified atom stereocenters. The number of aromatic nitrogens is 2. The van der Waals surface area contributed by atoms with Crippen molar-refractivity contribution >= 4 is 22.6 Å². The molecule has 4 rings (SSSR count). The molecule has 2 heterocycles. The Morgan fingerprint density at radius 2 is 2.19 bits per heavy atom. The Balaban J connectivity index is 1.49. The van der Waals surface area contributed by atoms with E-state index in [1.165, 1.54) is 5.56 Å². The lowest BCUT2D eigenvalue weighted by molar-refractivity contribution is 0.349. The molecule has 0 saturated carbocycles. The first-order valence-corrected chi connectivity index (χ1v) is 9.38. The average molecular weight is 381 g/mol. The number of aromatic amines is 1. The zero-order valence-corrected chi connectivity index (χ0v) is 15.9. The Hall–Kier alpha value is -2.72. The molecule has 2 aromatic heterocycles. The number of benzene rings is 1. The summed E-state index contributed by atoms with van der Waals surface area (Å²) in [6.07, 6.45) is 11.6. The Labute approximate surface area is 163 Å². The first kappa shape index (κ1) is 17.7. The molecule has 27 heavy (non-hydrogen) atoms. The lowest BCUT2D eigenvalue weighted by Gasteiger charge is -2.14. The molecule has 0 saturated heterocycles. The topological polar surface area (TPSA) is 47.1 Å². The summed E-state index contributed by atoms with van der Waals surface area (Å²) >= 11 is 6.06. The second-order valence-electron chi connectivity index (χ2n) is 6.54. The Kier molecular flexibility index (Phi) is 5.16. The van der Waals surface area contributed by atoms with Crippen molar-refractivity contribution < 1.29 is 9.47 Å². The molecule has 5 heteroatoms. The summed E-state index contributed by atoms with van der Waals surface area (Å²) in [4.78, 5) is 7.57. The predicted molar refractivity (Wildman–Crippen MR) is 109 cm³/mol. The fraction of sp³-hybridized carbons (Fsp3) is 0.227. The van der Waals surface area contributed by atoms with Crippen LogP contribution in [0.15, 0.2) is 66.5 Å². The molecule has 0 aliphatic heterocycles. The normalized spacial score (nSPS) is 16.4. The first-order chi connectivity index (χ1) is 13.2. The van der Waals surface area contributed by atoms with E-state index in [2.05, 4.69) is 28.2 Å². The van der Waals surface area contributed by atoms with Crippen LogP contribution in [0.1, 0.15) is 17.5 Å². The molecular formula is C22H21ClN2O2. The van der Waals surface area contributed by atoms with E-state index in [1.54, 1.807) is 13.3 Å². The van der Waals surface area contributed by atoms with E-state index in [0.717, 1.165) is 46.5 Å². The molecule has 1 aliphatic carbocycles. The van der Waals surface area contributed by atoms with Crippen LogP contribution < -0.4 is 9.47 Å². The van der Waals surface area contributed by atoms with Gasteiger partial charge < -0.3 is 14.5 Å². The lowest BCUT2D eigenvalue weighted by Crippen LogP contribution is -2.05. The SMILES string of the molecule is COc1cc(OCC2=CCC(Cl)C=C2)ccc1Cc1c[nH]c2ncccc12. The van der Waals surface area contributed by atoms with E-state index in [1.807, 2.05) is 36.5 Å². The van der Waals surface area contributed by atoms with Crippen LogP contribution in [0.5, 0.6) is 11.5 Å². The van der Waals surface area contributed by atoms with Crippen LogP contribution in [0, 0.1) is 0 Å². The third kappa shape index (κ3) is 4.01. The van der Waals surface area contributed by atoms with E-state index in [9.17, 15) is 0 Å². The number of hydrogen-bond acceptors (Lipinski definition) is 3. The van der Waals surface area contributed by atoms with E-state index >= 15 is 0 Å². The number of nitrogens with one attached hydrogen (secondary N) is 1. The van der Waals surface area contributed by atoms with Gasteiger partial charge in [-0.05, 0) is 41.3 Å². The maximum atomic E-state index is 6.06. The lowest BCUT2D eigenvalue weighted by atomic mass is 10.0. The number of halogens is 1. The van der Waals surface area contributed by atoms with Gasteiger partial charge in [0.15, 0.2) is 0 Å². The molecule has 1 aliphatic rings. The third-order valence-corrected chi connectivity index (χ3v) is 5.03. The second-order valence-corrected chi connectivity index (χ2v) is 7.10. The standard InChI is InChI=1S/C22H21ClN2O2/c1-26-21-12-19(27-14-15-4-7-18(23)8-5-15)9-6-16(21)11-17-13-25-22-20(17)3-2-10-24-22/h2-7,9-10,12-13,18H,8,11,14H2,1H3,(H,24,25). The highest BCUT2D eigenvalue weighted by Crippen LogP contribution is 2.29. The fourth-order valence-electron chi connectivity index (χ4n) is 3.24. The highest BCUT2D eigenvalue weighted by Gasteiger charge is 2.11. The zero-order valence-electron chi connectivity index (χ0n) is 15.1. The zero-order chi connectivity index (χ0) is 18.6. The van der Waals surface area contributed by atoms with Crippen LogP contribution in [-0.2, 0) is 6.42 Å². The van der Waals surface area contributed by atoms with E-state index in [0.29, 0.717) is 6.61 Å². The van der Waals surface area contributed by atoms with Gasteiger partial charge in [-0.15, -0.1) is 11.6 Å². The van der Waals surface area contributed by atoms with Gasteiger partial charge in [-0.25, -0.2) is 4.98 Å². The van der Waals surface area contributed by atoms with Gasteiger partial charge in [0.2, 0.25) is 0 Å². The summed E-state index contributed by atoms with van der Waals surface area (Å²) in [5.41, 5.74) is 4.34. The highest BCUT2D eigenvalue weighted by atomic mass is 35.5. The van der Waals surface area contributed by atoms with Gasteiger partial charge in [0, 0.05) is 30.3 Å². The fourth-order valence-corrected chi connectivity index (χ4v) is 3.40. The van der Waals surface area contributed by atoms with Crippen molar-refractivity contribution in [1.82, 2.24) is 9.97 Å². The number of alkyl halides is 1. The summed E-state index contributed by atoms with van der Waals surface area (Å²) in [6.45, 7) is 0.525. The molecule has 1 aromatic carbocycles. The second kappa shape index (κ2) is 7.89. The number of nitrogens with zero attached hydrogens (tertiary/aromatic N) is 1. The molecule has 0 amide bonds. The number of rotatable bonds is 6. The summed E-state index contributed by atoms with van der Waals surface area (Å²) in [5, 5.41) is 1.22. The van der Waals surface area contributed by atoms with Gasteiger partial charge in [-0.1, -0.05) is 24.3 Å². The van der Waals surface area contributed by atoms with Crippen LogP contribution in [0.4, 0.5) is 0 Å². The molecular weight excluding hydrogens is 360 g/mol. The maximum Gasteiger partial charge on any atom is 0.137 e. The third-order valence-electron chi connectivity index (χ3n) is 4.71. The van der Waals surface area contributed by atoms with Crippen molar-refractivity contribution in [1.29, 1.82) is 0 Å². The summed E-state index contributed by atoms with van der Waals surface area (Å²) in [6, 6.07) is 10.0. The van der Waals surface area contributed by atoms with Crippen molar-refractivity contribution in [2.45, 2.75) is 18.2 Å². The minimum Gasteiger partial charge on any atom is -0.496 e. The highest BCUT2D eigenvalue weighted by molar-refractivity contribution is 6.22. The van der Waals surface area contributed by atoms with Crippen LogP contribution in [0.2, 0.25) is 0 Å². The number of ether oxygens (including phenoxy) is 2. The van der Waals surface area contributed by atoms with Gasteiger partial charge in [0.05, 0.1) is 12.5 Å². The largest absolute Gasteiger partial charge is 0.496 e. The van der Waals surface area contributed by atoms with Gasteiger partial charge >= 0.3 is 0 Å². The predicted octanol–water partition coefficient (Wildman–Crippen LogP) is 5.03. The maximum absolute atomic E-state index is 6.06. The quantitative estimate of drug-likeness (QED) is 0.610. The number of hydrogen-bond donors (Lipinski definition) is 1. The van der Waals surface area contributed by atoms with Crippen LogP contribution in [-0.4, -0.2) is 29.1 Å². The minimum atomic E-state index is 0.0906. The number of pyridine rings is 1. The van der Waals surface area contributed by atoms with Crippen molar-refractivity contribution in [2.24, 2.45) is 0 Å². The average Bonchev–Trinajstić information content (AvgIpc) is 3.11. The smallest absolute Gasteiger partial charge is 0.137 e. The van der Waals surface area contributed by atoms with Crippen LogP contribution >= 0.6 is 11.6 Å². The van der Waals surface area contributed by atoms with Crippen LogP contribution in [0.25, 0.3) is 11.0 Å². The van der Waals surface area contributed by atoms with E-state index in [-0.39, 0.29) is 5.38 Å². The molecule has 138 valence electrons. The Bertz CT molecular complexity index is 1010. The van der Waals surface area contributed by atoms with Crippen molar-refractivity contribution in [3.63, 3.8) is 0 Å². The number of H-pyrrole nitrogens is 1. The molecule has 1 atom stereocenters. The van der Waals surface area contributed by atoms with E-state index < -0.39 is 0 Å². The van der Waals surface area contributed by atoms with Gasteiger partial charge in [0.25, 0.3) is 0 Å². The monoisotopic (exact) mass is 380 g/mol. The van der Waals surface area contributed by atoms with Crippen LogP contribution in [0.3, 0.4) is 0 Å². The molecule has 0 fully saturated rings. The number of methoxy groups -OCH3 is 1. The van der Waals surface area contributed by atoms with E-state index in [4.69, 9.17) is 21.1 Å². The van der Waals surface area contributed by atoms with Gasteiger partial charge in [-0.3, -0.25) is 0 Å². The van der Waals surface area contributed by atoms with Crippen molar-refractivity contribution in [2.75, 3.05) is 13.7 Å². The molecule has 0 bridgehead atoms. The first-order valence-electron chi connectivity index (χ1n) is 8.95. The summed E-state index contributed by atoms with van der Waals surface area (Å²) in [7, 11) is 1.69. The molecule has 0 spiro atoms. The van der Waals surface area contributed by atoms with Crippen molar-refractivity contribution in [3.05, 3.63) is 77.7 Å². The minimum absolute atomic E-state index is 0.0906. The Morgan fingerprint density at radius 1 is 1.26 bits per heavy atom. The van der Waals surface area contributed by atoms with Crippen molar-refractivity contribution in [3.8, 4) is 11.5 Å². The summed E-state index contributed by atoms with van der Waals surface area (Å²) < 4.78 is 11.5. The summed E-state index contributed by atoms with van der Waals surface area (Å²) in [5.74, 6) is 1.61. The van der Waals surface area contributed by atoms with Gasteiger partial charge in [0.1, 0.15) is 23.8 Å². The number of allylic oxidation sites excluding steroid dienone is 2.